The first-order chi connectivity index (χ1) is 14.3. The van der Waals surface area contributed by atoms with E-state index in [4.69, 9.17) is 4.74 Å². The van der Waals surface area contributed by atoms with E-state index in [0.29, 0.717) is 25.6 Å². The monoisotopic (exact) mass is 545 g/mol. The molecule has 0 atom stereocenters. The van der Waals surface area contributed by atoms with E-state index in [0.717, 1.165) is 36.9 Å². The molecular formula is C22H36IN5O3. The summed E-state index contributed by atoms with van der Waals surface area (Å²) in [4.78, 5) is 28.1. The van der Waals surface area contributed by atoms with Crippen LogP contribution in [0.15, 0.2) is 29.3 Å². The summed E-state index contributed by atoms with van der Waals surface area (Å²) in [6, 6.07) is 7.81. The van der Waals surface area contributed by atoms with E-state index >= 15 is 0 Å². The van der Waals surface area contributed by atoms with Gasteiger partial charge in [-0.25, -0.2) is 4.79 Å². The fourth-order valence-corrected chi connectivity index (χ4v) is 3.26. The summed E-state index contributed by atoms with van der Waals surface area (Å²) in [5.74, 6) is 0.887. The van der Waals surface area contributed by atoms with E-state index in [1.165, 1.54) is 0 Å². The van der Waals surface area contributed by atoms with E-state index in [1.54, 1.807) is 7.05 Å². The van der Waals surface area contributed by atoms with Gasteiger partial charge in [-0.3, -0.25) is 9.79 Å². The molecule has 0 aromatic heterocycles. The minimum Gasteiger partial charge on any atom is -0.444 e. The van der Waals surface area contributed by atoms with E-state index in [1.807, 2.05) is 45.0 Å². The van der Waals surface area contributed by atoms with Gasteiger partial charge in [0.1, 0.15) is 5.60 Å². The Balaban J connectivity index is 0.00000480. The molecule has 0 saturated heterocycles. The number of benzene rings is 1. The van der Waals surface area contributed by atoms with Crippen LogP contribution in [0.3, 0.4) is 0 Å². The topological polar surface area (TPSA) is 104 Å². The van der Waals surface area contributed by atoms with Crippen LogP contribution in [0.1, 0.15) is 52.0 Å². The summed E-state index contributed by atoms with van der Waals surface area (Å²) < 4.78 is 5.19. The van der Waals surface area contributed by atoms with E-state index in [2.05, 4.69) is 26.3 Å². The molecule has 0 radical (unpaired) electrons. The van der Waals surface area contributed by atoms with Crippen LogP contribution in [0.25, 0.3) is 0 Å². The first-order valence-electron chi connectivity index (χ1n) is 10.6. The number of alkyl carbamates (subject to hydrolysis) is 1. The van der Waals surface area contributed by atoms with Crippen molar-refractivity contribution >= 4 is 47.6 Å². The van der Waals surface area contributed by atoms with Crippen LogP contribution in [-0.4, -0.2) is 43.7 Å². The third-order valence-corrected chi connectivity index (χ3v) is 4.69. The van der Waals surface area contributed by atoms with Crippen LogP contribution in [0.2, 0.25) is 0 Å². The van der Waals surface area contributed by atoms with Crippen molar-refractivity contribution in [2.24, 2.45) is 10.9 Å². The highest BCUT2D eigenvalue weighted by atomic mass is 127. The number of guanidine groups is 1. The zero-order chi connectivity index (χ0) is 22.0. The number of nitrogens with one attached hydrogen (secondary N) is 4. The Bertz CT molecular complexity index is 743. The summed E-state index contributed by atoms with van der Waals surface area (Å²) in [5.41, 5.74) is 1.34. The van der Waals surface area contributed by atoms with Crippen LogP contribution in [0.4, 0.5) is 10.5 Å². The number of hydrogen-bond acceptors (Lipinski definition) is 4. The molecule has 2 rings (SSSR count). The highest BCUT2D eigenvalue weighted by molar-refractivity contribution is 14.0. The Hall–Kier alpha value is -2.04. The SMILES string of the molecule is CN=C(NCCNC(=O)OC(C)(C)C)NCc1cccc(NC(=O)C2CCCC2)c1.I. The smallest absolute Gasteiger partial charge is 0.407 e. The highest BCUT2D eigenvalue weighted by Crippen LogP contribution is 2.26. The van der Waals surface area contributed by atoms with Crippen LogP contribution in [0, 0.1) is 5.92 Å². The molecule has 0 heterocycles. The highest BCUT2D eigenvalue weighted by Gasteiger charge is 2.22. The van der Waals surface area contributed by atoms with E-state index in [9.17, 15) is 9.59 Å². The molecule has 174 valence electrons. The molecule has 1 aromatic carbocycles. The summed E-state index contributed by atoms with van der Waals surface area (Å²) in [7, 11) is 1.69. The molecule has 0 aliphatic heterocycles. The van der Waals surface area contributed by atoms with Gasteiger partial charge in [-0.2, -0.15) is 0 Å². The lowest BCUT2D eigenvalue weighted by Gasteiger charge is -2.20. The number of amides is 2. The third-order valence-electron chi connectivity index (χ3n) is 4.69. The van der Waals surface area contributed by atoms with Gasteiger partial charge in [0, 0.05) is 38.3 Å². The number of ether oxygens (including phenoxy) is 1. The average Bonchev–Trinajstić information content (AvgIpc) is 3.21. The van der Waals surface area contributed by atoms with Gasteiger partial charge < -0.3 is 26.0 Å². The summed E-state index contributed by atoms with van der Waals surface area (Å²) in [6.07, 6.45) is 3.81. The maximum absolute atomic E-state index is 12.3. The Morgan fingerprint density at radius 3 is 2.42 bits per heavy atom. The van der Waals surface area contributed by atoms with Gasteiger partial charge in [-0.15, -0.1) is 24.0 Å². The number of nitrogens with zero attached hydrogens (tertiary/aromatic N) is 1. The molecular weight excluding hydrogens is 509 g/mol. The van der Waals surface area contributed by atoms with Crippen LogP contribution in [0.5, 0.6) is 0 Å². The molecule has 0 unspecified atom stereocenters. The molecule has 4 N–H and O–H groups in total. The maximum atomic E-state index is 12.3. The fraction of sp³-hybridized carbons (Fsp3) is 0.591. The Morgan fingerprint density at radius 2 is 1.77 bits per heavy atom. The van der Waals surface area contributed by atoms with Gasteiger partial charge >= 0.3 is 6.09 Å². The first-order valence-corrected chi connectivity index (χ1v) is 10.6. The predicted molar refractivity (Wildman–Crippen MR) is 135 cm³/mol. The van der Waals surface area contributed by atoms with Crippen molar-refractivity contribution in [1.82, 2.24) is 16.0 Å². The number of hydrogen-bond donors (Lipinski definition) is 4. The molecule has 2 amide bonds. The molecule has 0 spiro atoms. The molecule has 1 fully saturated rings. The largest absolute Gasteiger partial charge is 0.444 e. The molecule has 31 heavy (non-hydrogen) atoms. The van der Waals surface area contributed by atoms with Crippen molar-refractivity contribution in [2.45, 2.75) is 58.6 Å². The zero-order valence-electron chi connectivity index (χ0n) is 18.9. The molecule has 1 aromatic rings. The third kappa shape index (κ3) is 10.7. The lowest BCUT2D eigenvalue weighted by Crippen LogP contribution is -2.42. The lowest BCUT2D eigenvalue weighted by atomic mass is 10.1. The van der Waals surface area contributed by atoms with Crippen molar-refractivity contribution in [3.8, 4) is 0 Å². The van der Waals surface area contributed by atoms with Gasteiger partial charge in [0.15, 0.2) is 5.96 Å². The van der Waals surface area contributed by atoms with Crippen molar-refractivity contribution in [3.05, 3.63) is 29.8 Å². The van der Waals surface area contributed by atoms with Gasteiger partial charge in [0.2, 0.25) is 5.91 Å². The number of aliphatic imine (C=N–C) groups is 1. The fourth-order valence-electron chi connectivity index (χ4n) is 3.26. The van der Waals surface area contributed by atoms with Crippen LogP contribution in [-0.2, 0) is 16.1 Å². The number of rotatable bonds is 7. The minimum absolute atomic E-state index is 0. The number of carbonyl (C=O) groups excluding carboxylic acids is 2. The van der Waals surface area contributed by atoms with Crippen molar-refractivity contribution in [1.29, 1.82) is 0 Å². The Kier molecular flexibility index (Phi) is 11.7. The molecule has 1 saturated carbocycles. The average molecular weight is 545 g/mol. The maximum Gasteiger partial charge on any atom is 0.407 e. The lowest BCUT2D eigenvalue weighted by molar-refractivity contribution is -0.119. The Morgan fingerprint density at radius 1 is 1.10 bits per heavy atom. The summed E-state index contributed by atoms with van der Waals surface area (Å²) in [6.45, 7) is 6.96. The molecule has 1 aliphatic rings. The van der Waals surface area contributed by atoms with Gasteiger partial charge in [-0.1, -0.05) is 25.0 Å². The molecule has 9 heteroatoms. The van der Waals surface area contributed by atoms with Crippen molar-refractivity contribution < 1.29 is 14.3 Å². The Labute approximate surface area is 202 Å². The zero-order valence-corrected chi connectivity index (χ0v) is 21.2. The van der Waals surface area contributed by atoms with Gasteiger partial charge in [-0.05, 0) is 51.3 Å². The molecule has 8 nitrogen and oxygen atoms in total. The standard InChI is InChI=1S/C22H35N5O3.HI/c1-22(2,3)30-21(29)25-13-12-24-20(23-4)26-15-16-8-7-11-18(14-16)27-19(28)17-9-5-6-10-17;/h7-8,11,14,17H,5-6,9-10,12-13,15H2,1-4H3,(H,25,29)(H,27,28)(H2,23,24,26);1H. The van der Waals surface area contributed by atoms with Crippen molar-refractivity contribution in [3.63, 3.8) is 0 Å². The second kappa shape index (κ2) is 13.4. The minimum atomic E-state index is -0.514. The van der Waals surface area contributed by atoms with Crippen molar-refractivity contribution in [2.75, 3.05) is 25.5 Å². The normalized spacial score (nSPS) is 14.4. The number of carbonyl (C=O) groups is 2. The van der Waals surface area contributed by atoms with Crippen LogP contribution < -0.4 is 21.3 Å². The molecule has 0 bridgehead atoms. The second-order valence-corrected chi connectivity index (χ2v) is 8.45. The van der Waals surface area contributed by atoms with E-state index < -0.39 is 11.7 Å². The van der Waals surface area contributed by atoms with Gasteiger partial charge in [0.05, 0.1) is 0 Å². The van der Waals surface area contributed by atoms with E-state index in [-0.39, 0.29) is 35.8 Å². The first kappa shape index (κ1) is 27.0. The number of halogens is 1. The summed E-state index contributed by atoms with van der Waals surface area (Å²) in [5, 5.41) is 12.1. The second-order valence-electron chi connectivity index (χ2n) is 8.45. The molecule has 1 aliphatic carbocycles. The summed E-state index contributed by atoms with van der Waals surface area (Å²) >= 11 is 0. The quantitative estimate of drug-likeness (QED) is 0.181. The number of anilines is 1. The van der Waals surface area contributed by atoms with Gasteiger partial charge in [0.25, 0.3) is 0 Å². The van der Waals surface area contributed by atoms with Crippen LogP contribution >= 0.6 is 24.0 Å². The predicted octanol–water partition coefficient (Wildman–Crippen LogP) is 3.62.